The molecule has 0 aliphatic rings. The topological polar surface area (TPSA) is 50.9 Å². The van der Waals surface area contributed by atoms with Crippen LogP contribution in [0.5, 0.6) is 5.75 Å². The molecule has 0 atom stereocenters. The minimum atomic E-state index is 0.337. The summed E-state index contributed by atoms with van der Waals surface area (Å²) >= 11 is 0. The summed E-state index contributed by atoms with van der Waals surface area (Å²) in [5, 5.41) is 20.8. The van der Waals surface area contributed by atoms with E-state index in [1.807, 2.05) is 33.8 Å². The van der Waals surface area contributed by atoms with Crippen LogP contribution in [0.1, 0.15) is 33.9 Å². The second kappa shape index (κ2) is 4.83. The summed E-state index contributed by atoms with van der Waals surface area (Å²) in [6.07, 6.45) is 0. The number of phenols is 1. The lowest BCUT2D eigenvalue weighted by atomic mass is 10.1. The third-order valence-electron chi connectivity index (χ3n) is 4.69. The molecule has 1 N–H and O–H groups in total. The standard InChI is InChI=1S/C18H21N3O/c1-9-10(2)16(22)8-7-15(9)21-13(5)17-11(3)19-20-12(4)18(17)14(21)6/h7-8,22H,1-6H3. The molecule has 0 saturated heterocycles. The Bertz CT molecular complexity index is 862. The van der Waals surface area contributed by atoms with Crippen molar-refractivity contribution < 1.29 is 5.11 Å². The quantitative estimate of drug-likeness (QED) is 0.739. The van der Waals surface area contributed by atoms with E-state index in [4.69, 9.17) is 0 Å². The summed E-state index contributed by atoms with van der Waals surface area (Å²) < 4.78 is 2.25. The Labute approximate surface area is 130 Å². The van der Waals surface area contributed by atoms with Crippen LogP contribution in [0.3, 0.4) is 0 Å². The Hall–Kier alpha value is -2.36. The Balaban J connectivity index is 2.46. The van der Waals surface area contributed by atoms with Gasteiger partial charge in [0.25, 0.3) is 0 Å². The lowest BCUT2D eigenvalue weighted by Crippen LogP contribution is -2.02. The Morgan fingerprint density at radius 1 is 0.773 bits per heavy atom. The third-order valence-corrected chi connectivity index (χ3v) is 4.69. The van der Waals surface area contributed by atoms with Crippen LogP contribution in [0.15, 0.2) is 12.1 Å². The van der Waals surface area contributed by atoms with Gasteiger partial charge in [0, 0.05) is 27.8 Å². The maximum atomic E-state index is 9.91. The van der Waals surface area contributed by atoms with Crippen molar-refractivity contribution in [2.75, 3.05) is 0 Å². The Morgan fingerprint density at radius 2 is 1.27 bits per heavy atom. The molecular formula is C18H21N3O. The van der Waals surface area contributed by atoms with E-state index in [1.165, 1.54) is 10.8 Å². The highest BCUT2D eigenvalue weighted by Gasteiger charge is 2.19. The van der Waals surface area contributed by atoms with Crippen LogP contribution in [0, 0.1) is 41.5 Å². The van der Waals surface area contributed by atoms with Crippen molar-refractivity contribution in [2.24, 2.45) is 0 Å². The fraction of sp³-hybridized carbons (Fsp3) is 0.333. The normalized spacial score (nSPS) is 11.4. The first-order valence-corrected chi connectivity index (χ1v) is 7.45. The number of aromatic hydroxyl groups is 1. The number of phenolic OH excluding ortho intramolecular Hbond substituents is 1. The number of hydrogen-bond donors (Lipinski definition) is 1. The molecule has 0 saturated carbocycles. The molecule has 3 aromatic rings. The second-order valence-electron chi connectivity index (χ2n) is 5.98. The first-order valence-electron chi connectivity index (χ1n) is 7.45. The number of benzene rings is 1. The van der Waals surface area contributed by atoms with Crippen LogP contribution in [-0.4, -0.2) is 19.9 Å². The molecule has 0 bridgehead atoms. The summed E-state index contributed by atoms with van der Waals surface area (Å²) in [4.78, 5) is 0. The molecule has 0 aliphatic carbocycles. The fourth-order valence-electron chi connectivity index (χ4n) is 3.37. The predicted octanol–water partition coefficient (Wildman–Crippen LogP) is 3.98. The van der Waals surface area contributed by atoms with Crippen LogP contribution < -0.4 is 0 Å². The highest BCUT2D eigenvalue weighted by molar-refractivity contribution is 5.92. The molecule has 1 aromatic carbocycles. The van der Waals surface area contributed by atoms with Gasteiger partial charge in [-0.25, -0.2) is 0 Å². The van der Waals surface area contributed by atoms with Crippen LogP contribution in [0.2, 0.25) is 0 Å². The zero-order valence-corrected chi connectivity index (χ0v) is 13.9. The summed E-state index contributed by atoms with van der Waals surface area (Å²) in [5.41, 5.74) is 7.33. The minimum Gasteiger partial charge on any atom is -0.508 e. The molecule has 2 aromatic heterocycles. The molecule has 0 aliphatic heterocycles. The van der Waals surface area contributed by atoms with Crippen molar-refractivity contribution in [1.29, 1.82) is 0 Å². The van der Waals surface area contributed by atoms with Crippen molar-refractivity contribution in [2.45, 2.75) is 41.5 Å². The van der Waals surface area contributed by atoms with Gasteiger partial charge in [-0.2, -0.15) is 10.2 Å². The van der Waals surface area contributed by atoms with E-state index in [1.54, 1.807) is 6.07 Å². The van der Waals surface area contributed by atoms with Gasteiger partial charge in [-0.05, 0) is 64.8 Å². The summed E-state index contributed by atoms with van der Waals surface area (Å²) in [6, 6.07) is 3.74. The monoisotopic (exact) mass is 295 g/mol. The van der Waals surface area contributed by atoms with Crippen LogP contribution in [0.25, 0.3) is 16.5 Å². The predicted molar refractivity (Wildman–Crippen MR) is 89.0 cm³/mol. The molecule has 22 heavy (non-hydrogen) atoms. The molecule has 0 spiro atoms. The fourth-order valence-corrected chi connectivity index (χ4v) is 3.37. The van der Waals surface area contributed by atoms with Crippen LogP contribution in [0.4, 0.5) is 0 Å². The Kier molecular flexibility index (Phi) is 3.20. The average Bonchev–Trinajstić information content (AvgIpc) is 2.74. The minimum absolute atomic E-state index is 0.337. The van der Waals surface area contributed by atoms with Gasteiger partial charge in [-0.3, -0.25) is 0 Å². The van der Waals surface area contributed by atoms with Gasteiger partial charge in [-0.15, -0.1) is 0 Å². The van der Waals surface area contributed by atoms with Gasteiger partial charge in [0.2, 0.25) is 0 Å². The smallest absolute Gasteiger partial charge is 0.118 e. The number of aryl methyl sites for hydroxylation is 4. The zero-order valence-electron chi connectivity index (χ0n) is 13.9. The molecule has 114 valence electrons. The van der Waals surface area contributed by atoms with Crippen molar-refractivity contribution in [1.82, 2.24) is 14.8 Å². The molecule has 4 heteroatoms. The molecule has 0 radical (unpaired) electrons. The van der Waals surface area contributed by atoms with E-state index in [2.05, 4.69) is 28.6 Å². The van der Waals surface area contributed by atoms with E-state index in [9.17, 15) is 5.11 Å². The molecular weight excluding hydrogens is 274 g/mol. The van der Waals surface area contributed by atoms with Crippen molar-refractivity contribution in [3.63, 3.8) is 0 Å². The molecule has 4 nitrogen and oxygen atoms in total. The molecule has 3 rings (SSSR count). The van der Waals surface area contributed by atoms with Crippen LogP contribution >= 0.6 is 0 Å². The SMILES string of the molecule is Cc1c(O)ccc(-n2c(C)c3c(C)nnc(C)c3c2C)c1C. The largest absolute Gasteiger partial charge is 0.508 e. The van der Waals surface area contributed by atoms with Crippen LogP contribution in [-0.2, 0) is 0 Å². The molecule has 0 amide bonds. The molecule has 2 heterocycles. The maximum absolute atomic E-state index is 9.91. The van der Waals surface area contributed by atoms with Crippen molar-refractivity contribution >= 4 is 10.8 Å². The first kappa shape index (κ1) is 14.6. The van der Waals surface area contributed by atoms with Crippen molar-refractivity contribution in [3.05, 3.63) is 46.0 Å². The second-order valence-corrected chi connectivity index (χ2v) is 5.98. The lowest BCUT2D eigenvalue weighted by Gasteiger charge is -2.15. The molecule has 0 fully saturated rings. The average molecular weight is 295 g/mol. The molecule has 0 unspecified atom stereocenters. The number of fused-ring (bicyclic) bond motifs is 1. The number of nitrogens with zero attached hydrogens (tertiary/aromatic N) is 3. The van der Waals surface area contributed by atoms with Gasteiger partial charge >= 0.3 is 0 Å². The van der Waals surface area contributed by atoms with Gasteiger partial charge < -0.3 is 9.67 Å². The zero-order chi connectivity index (χ0) is 16.2. The van der Waals surface area contributed by atoms with E-state index >= 15 is 0 Å². The summed E-state index contributed by atoms with van der Waals surface area (Å²) in [7, 11) is 0. The van der Waals surface area contributed by atoms with E-state index < -0.39 is 0 Å². The van der Waals surface area contributed by atoms with Gasteiger partial charge in [0.05, 0.1) is 11.4 Å². The maximum Gasteiger partial charge on any atom is 0.118 e. The lowest BCUT2D eigenvalue weighted by molar-refractivity contribution is 0.470. The number of rotatable bonds is 1. The highest BCUT2D eigenvalue weighted by atomic mass is 16.3. The summed E-state index contributed by atoms with van der Waals surface area (Å²) in [5.74, 6) is 0.337. The van der Waals surface area contributed by atoms with Gasteiger partial charge in [0.1, 0.15) is 5.75 Å². The Morgan fingerprint density at radius 3 is 1.77 bits per heavy atom. The first-order chi connectivity index (χ1) is 10.3. The van der Waals surface area contributed by atoms with E-state index in [0.717, 1.165) is 39.6 Å². The van der Waals surface area contributed by atoms with Gasteiger partial charge in [-0.1, -0.05) is 0 Å². The van der Waals surface area contributed by atoms with E-state index in [0.29, 0.717) is 5.75 Å². The number of aromatic nitrogens is 3. The highest BCUT2D eigenvalue weighted by Crippen LogP contribution is 2.34. The van der Waals surface area contributed by atoms with Gasteiger partial charge in [0.15, 0.2) is 0 Å². The van der Waals surface area contributed by atoms with E-state index in [-0.39, 0.29) is 0 Å². The van der Waals surface area contributed by atoms with Crippen molar-refractivity contribution in [3.8, 4) is 11.4 Å². The number of hydrogen-bond acceptors (Lipinski definition) is 3. The third kappa shape index (κ3) is 1.83. The summed E-state index contributed by atoms with van der Waals surface area (Å²) in [6.45, 7) is 12.2.